The molecule has 3 aliphatic rings. The van der Waals surface area contributed by atoms with E-state index in [0.717, 1.165) is 23.9 Å². The molecule has 7 heteroatoms. The van der Waals surface area contributed by atoms with Crippen molar-refractivity contribution in [1.29, 1.82) is 0 Å². The quantitative estimate of drug-likeness (QED) is 0.912. The van der Waals surface area contributed by atoms with Crippen LogP contribution in [-0.4, -0.2) is 49.3 Å². The van der Waals surface area contributed by atoms with Gasteiger partial charge in [-0.25, -0.2) is 4.98 Å². The molecule has 1 amide bonds. The number of amides is 1. The van der Waals surface area contributed by atoms with Crippen LogP contribution >= 0.6 is 0 Å². The van der Waals surface area contributed by atoms with Gasteiger partial charge in [-0.2, -0.15) is 15.3 Å². The van der Waals surface area contributed by atoms with Crippen molar-refractivity contribution in [2.45, 2.75) is 51.4 Å². The first-order valence-corrected chi connectivity index (χ1v) is 9.62. The van der Waals surface area contributed by atoms with Crippen LogP contribution in [0.5, 0.6) is 0 Å². The number of hydrogen-bond acceptors (Lipinski definition) is 5. The normalized spacial score (nSPS) is 25.7. The smallest absolute Gasteiger partial charge is 0.255 e. The third-order valence-electron chi connectivity index (χ3n) is 6.02. The minimum atomic E-state index is 0.0654. The Morgan fingerprint density at radius 3 is 2.69 bits per heavy atom. The summed E-state index contributed by atoms with van der Waals surface area (Å²) in [6.07, 6.45) is 4.93. The fourth-order valence-electron chi connectivity index (χ4n) is 4.20. The Bertz CT molecular complexity index is 853. The molecule has 1 saturated heterocycles. The molecule has 0 bridgehead atoms. The number of nitrogens with zero attached hydrogens (tertiary/aromatic N) is 5. The Labute approximate surface area is 152 Å². The molecular weight excluding hydrogens is 328 g/mol. The summed E-state index contributed by atoms with van der Waals surface area (Å²) in [5, 5.41) is 15.8. The van der Waals surface area contributed by atoms with Crippen LogP contribution in [-0.2, 0) is 0 Å². The summed E-state index contributed by atoms with van der Waals surface area (Å²) in [4.78, 5) is 19.9. The SMILES string of the molecule is Cc1cc(C(=O)N2C[C@H](c3nc(C4CC4)n[nH]3)[C@@H](C3CC3)C2)c(C)nn1. The zero-order valence-electron chi connectivity index (χ0n) is 15.3. The number of rotatable bonds is 4. The van der Waals surface area contributed by atoms with E-state index in [4.69, 9.17) is 4.98 Å². The molecule has 26 heavy (non-hydrogen) atoms. The second kappa shape index (κ2) is 5.86. The van der Waals surface area contributed by atoms with Crippen LogP contribution in [0.3, 0.4) is 0 Å². The number of carbonyl (C=O) groups is 1. The van der Waals surface area contributed by atoms with Gasteiger partial charge in [-0.3, -0.25) is 9.89 Å². The maximum absolute atomic E-state index is 13.1. The lowest BCUT2D eigenvalue weighted by molar-refractivity contribution is 0.0783. The molecule has 136 valence electrons. The highest BCUT2D eigenvalue weighted by molar-refractivity contribution is 5.95. The third-order valence-corrected chi connectivity index (χ3v) is 6.02. The topological polar surface area (TPSA) is 87.7 Å². The summed E-state index contributed by atoms with van der Waals surface area (Å²) in [6.45, 7) is 5.23. The number of hydrogen-bond donors (Lipinski definition) is 1. The Hall–Kier alpha value is -2.31. The van der Waals surface area contributed by atoms with Crippen LogP contribution in [0, 0.1) is 25.7 Å². The van der Waals surface area contributed by atoms with E-state index in [0.29, 0.717) is 35.6 Å². The van der Waals surface area contributed by atoms with Crippen LogP contribution in [0.1, 0.15) is 70.9 Å². The fraction of sp³-hybridized carbons (Fsp3) is 0.632. The van der Waals surface area contributed by atoms with Crippen LogP contribution in [0.4, 0.5) is 0 Å². The van der Waals surface area contributed by atoms with Crippen LogP contribution in [0.2, 0.25) is 0 Å². The van der Waals surface area contributed by atoms with Gasteiger partial charge in [0.1, 0.15) is 5.82 Å². The van der Waals surface area contributed by atoms with Crippen molar-refractivity contribution in [3.05, 3.63) is 34.7 Å². The first-order valence-electron chi connectivity index (χ1n) is 9.62. The number of aryl methyl sites for hydroxylation is 2. The lowest BCUT2D eigenvalue weighted by atomic mass is 9.91. The van der Waals surface area contributed by atoms with Crippen LogP contribution in [0.25, 0.3) is 0 Å². The molecule has 0 spiro atoms. The van der Waals surface area contributed by atoms with E-state index >= 15 is 0 Å². The highest BCUT2D eigenvalue weighted by Crippen LogP contribution is 2.47. The van der Waals surface area contributed by atoms with Gasteiger partial charge in [-0.1, -0.05) is 0 Å². The number of aromatic nitrogens is 5. The van der Waals surface area contributed by atoms with Gasteiger partial charge in [0.15, 0.2) is 5.82 Å². The highest BCUT2D eigenvalue weighted by atomic mass is 16.2. The van der Waals surface area contributed by atoms with Crippen molar-refractivity contribution in [3.8, 4) is 0 Å². The third kappa shape index (κ3) is 2.79. The molecule has 3 heterocycles. The van der Waals surface area contributed by atoms with Crippen LogP contribution < -0.4 is 0 Å². The average Bonchev–Trinajstić information content (AvgIpc) is 3.57. The van der Waals surface area contributed by atoms with E-state index in [1.807, 2.05) is 24.8 Å². The predicted molar refractivity (Wildman–Crippen MR) is 94.7 cm³/mol. The largest absolute Gasteiger partial charge is 0.338 e. The number of nitrogens with one attached hydrogen (secondary N) is 1. The molecule has 5 rings (SSSR count). The molecule has 7 nitrogen and oxygen atoms in total. The highest BCUT2D eigenvalue weighted by Gasteiger charge is 2.46. The molecule has 1 aliphatic heterocycles. The molecule has 0 unspecified atom stereocenters. The van der Waals surface area contributed by atoms with E-state index in [-0.39, 0.29) is 11.8 Å². The molecule has 0 radical (unpaired) electrons. The van der Waals surface area contributed by atoms with E-state index in [1.165, 1.54) is 25.7 Å². The summed E-state index contributed by atoms with van der Waals surface area (Å²) >= 11 is 0. The maximum atomic E-state index is 13.1. The number of H-pyrrole nitrogens is 1. The molecule has 0 aromatic carbocycles. The summed E-state index contributed by atoms with van der Waals surface area (Å²) < 4.78 is 0. The lowest BCUT2D eigenvalue weighted by Crippen LogP contribution is -2.30. The minimum absolute atomic E-state index is 0.0654. The minimum Gasteiger partial charge on any atom is -0.338 e. The Kier molecular flexibility index (Phi) is 3.58. The molecule has 2 aliphatic carbocycles. The number of aromatic amines is 1. The second-order valence-electron chi connectivity index (χ2n) is 8.16. The van der Waals surface area contributed by atoms with Gasteiger partial charge in [-0.15, -0.1) is 0 Å². The summed E-state index contributed by atoms with van der Waals surface area (Å²) in [5.74, 6) is 4.01. The summed E-state index contributed by atoms with van der Waals surface area (Å²) in [7, 11) is 0. The van der Waals surface area contributed by atoms with E-state index in [9.17, 15) is 4.79 Å². The Morgan fingerprint density at radius 1 is 1.15 bits per heavy atom. The average molecular weight is 352 g/mol. The monoisotopic (exact) mass is 352 g/mol. The molecule has 2 aromatic rings. The second-order valence-corrected chi connectivity index (χ2v) is 8.16. The summed E-state index contributed by atoms with van der Waals surface area (Å²) in [5.41, 5.74) is 2.14. The van der Waals surface area contributed by atoms with Gasteiger partial charge < -0.3 is 4.90 Å². The van der Waals surface area contributed by atoms with Crippen LogP contribution in [0.15, 0.2) is 6.07 Å². The predicted octanol–water partition coefficient (Wildman–Crippen LogP) is 2.35. The zero-order chi connectivity index (χ0) is 17.8. The van der Waals surface area contributed by atoms with E-state index in [1.54, 1.807) is 0 Å². The van der Waals surface area contributed by atoms with Crippen molar-refractivity contribution in [2.75, 3.05) is 13.1 Å². The van der Waals surface area contributed by atoms with Crippen molar-refractivity contribution in [3.63, 3.8) is 0 Å². The maximum Gasteiger partial charge on any atom is 0.255 e. The first-order chi connectivity index (χ1) is 12.6. The number of carbonyl (C=O) groups excluding carboxylic acids is 1. The standard InChI is InChI=1S/C19H24N6O/c1-10-7-14(11(2)22-21-10)19(26)25-8-15(12-3-4-12)16(9-25)18-20-17(23-24-18)13-5-6-13/h7,12-13,15-16H,3-6,8-9H2,1-2H3,(H,20,23,24)/t15-,16+/m1/s1. The Morgan fingerprint density at radius 2 is 1.96 bits per heavy atom. The molecule has 2 saturated carbocycles. The molecular formula is C19H24N6O. The fourth-order valence-corrected chi connectivity index (χ4v) is 4.20. The van der Waals surface area contributed by atoms with E-state index < -0.39 is 0 Å². The van der Waals surface area contributed by atoms with Gasteiger partial charge in [0.25, 0.3) is 5.91 Å². The zero-order valence-corrected chi connectivity index (χ0v) is 15.3. The van der Waals surface area contributed by atoms with Gasteiger partial charge in [0.05, 0.1) is 17.0 Å². The van der Waals surface area contributed by atoms with Crippen molar-refractivity contribution in [2.24, 2.45) is 11.8 Å². The van der Waals surface area contributed by atoms with Gasteiger partial charge in [0.2, 0.25) is 0 Å². The molecule has 2 aromatic heterocycles. The molecule has 1 N–H and O–H groups in total. The van der Waals surface area contributed by atoms with Gasteiger partial charge in [0, 0.05) is 24.9 Å². The molecule has 3 fully saturated rings. The lowest BCUT2D eigenvalue weighted by Gasteiger charge is -2.17. The van der Waals surface area contributed by atoms with E-state index in [2.05, 4.69) is 20.4 Å². The summed E-state index contributed by atoms with van der Waals surface area (Å²) in [6, 6.07) is 1.85. The van der Waals surface area contributed by atoms with Gasteiger partial charge >= 0.3 is 0 Å². The van der Waals surface area contributed by atoms with Gasteiger partial charge in [-0.05, 0) is 57.4 Å². The van der Waals surface area contributed by atoms with Crippen molar-refractivity contribution >= 4 is 5.91 Å². The Balaban J connectivity index is 1.40. The molecule has 2 atom stereocenters. The van der Waals surface area contributed by atoms with Crippen molar-refractivity contribution in [1.82, 2.24) is 30.3 Å². The first kappa shape index (κ1) is 15.9. The van der Waals surface area contributed by atoms with Crippen molar-refractivity contribution < 1.29 is 4.79 Å². The number of likely N-dealkylation sites (tertiary alicyclic amines) is 1.